The predicted molar refractivity (Wildman–Crippen MR) is 125 cm³/mol. The fourth-order valence-corrected chi connectivity index (χ4v) is 4.82. The second-order valence-corrected chi connectivity index (χ2v) is 9.99. The standard InChI is InChI=1S/C28H32O/c1-26(2,3)23-15-11-16-24-22(23)18-17-20-12-7-8-13-21(20)25-14-9-10-19-28(25,6)29-27(24,4)5/h7-18H,19H2,1-6H3/b18-17-. The number of ether oxygens (including phenoxy) is 1. The quantitative estimate of drug-likeness (QED) is 0.456. The lowest BCUT2D eigenvalue weighted by Crippen LogP contribution is -2.40. The summed E-state index contributed by atoms with van der Waals surface area (Å²) in [6.07, 6.45) is 12.0. The van der Waals surface area contributed by atoms with Crippen LogP contribution < -0.4 is 0 Å². The number of hydrogen-bond donors (Lipinski definition) is 0. The Hall–Kier alpha value is -2.38. The summed E-state index contributed by atoms with van der Waals surface area (Å²) in [7, 11) is 0. The molecule has 150 valence electrons. The van der Waals surface area contributed by atoms with E-state index >= 15 is 0 Å². The van der Waals surface area contributed by atoms with Crippen molar-refractivity contribution in [2.24, 2.45) is 0 Å². The van der Waals surface area contributed by atoms with Crippen molar-refractivity contribution in [1.29, 1.82) is 0 Å². The molecule has 29 heavy (non-hydrogen) atoms. The second-order valence-electron chi connectivity index (χ2n) is 9.99. The van der Waals surface area contributed by atoms with Crippen LogP contribution in [-0.2, 0) is 15.8 Å². The van der Waals surface area contributed by atoms with E-state index in [2.05, 4.69) is 114 Å². The van der Waals surface area contributed by atoms with E-state index in [0.29, 0.717) is 0 Å². The maximum absolute atomic E-state index is 7.00. The molecule has 1 unspecified atom stereocenters. The van der Waals surface area contributed by atoms with Gasteiger partial charge in [-0.1, -0.05) is 93.6 Å². The van der Waals surface area contributed by atoms with Gasteiger partial charge >= 0.3 is 0 Å². The van der Waals surface area contributed by atoms with Crippen molar-refractivity contribution < 1.29 is 4.74 Å². The molecular formula is C28H32O. The highest BCUT2D eigenvalue weighted by molar-refractivity contribution is 5.85. The van der Waals surface area contributed by atoms with Gasteiger partial charge in [-0.15, -0.1) is 0 Å². The van der Waals surface area contributed by atoms with Gasteiger partial charge in [-0.2, -0.15) is 0 Å². The first-order valence-corrected chi connectivity index (χ1v) is 10.6. The monoisotopic (exact) mass is 384 g/mol. The molecule has 1 aliphatic heterocycles. The van der Waals surface area contributed by atoms with Crippen LogP contribution in [0.25, 0.3) is 17.7 Å². The largest absolute Gasteiger partial charge is 0.360 e. The lowest BCUT2D eigenvalue weighted by molar-refractivity contribution is -0.104. The van der Waals surface area contributed by atoms with E-state index in [4.69, 9.17) is 4.74 Å². The Bertz CT molecular complexity index is 1030. The van der Waals surface area contributed by atoms with Crippen molar-refractivity contribution >= 4 is 17.7 Å². The fourth-order valence-electron chi connectivity index (χ4n) is 4.82. The van der Waals surface area contributed by atoms with Crippen LogP contribution in [0.1, 0.15) is 75.8 Å². The van der Waals surface area contributed by atoms with Crippen LogP contribution in [0.15, 0.2) is 60.7 Å². The Labute approximate surface area is 175 Å². The summed E-state index contributed by atoms with van der Waals surface area (Å²) in [5.74, 6) is 0. The normalized spacial score (nSPS) is 24.0. The third-order valence-corrected chi connectivity index (χ3v) is 6.20. The van der Waals surface area contributed by atoms with Gasteiger partial charge in [0.05, 0.1) is 11.2 Å². The van der Waals surface area contributed by atoms with Gasteiger partial charge in [-0.05, 0) is 66.0 Å². The minimum absolute atomic E-state index is 0.0535. The van der Waals surface area contributed by atoms with Crippen LogP contribution in [0, 0.1) is 0 Å². The number of fused-ring (bicyclic) bond motifs is 4. The maximum atomic E-state index is 7.00. The molecule has 0 amide bonds. The number of rotatable bonds is 0. The van der Waals surface area contributed by atoms with Crippen molar-refractivity contribution in [2.75, 3.05) is 0 Å². The Morgan fingerprint density at radius 1 is 0.897 bits per heavy atom. The number of hydrogen-bond acceptors (Lipinski definition) is 1. The van der Waals surface area contributed by atoms with E-state index < -0.39 is 5.60 Å². The lowest BCUT2D eigenvalue weighted by atomic mass is 9.77. The topological polar surface area (TPSA) is 9.23 Å². The minimum atomic E-state index is -0.424. The van der Waals surface area contributed by atoms with Crippen LogP contribution in [0.5, 0.6) is 0 Å². The molecule has 0 bridgehead atoms. The van der Waals surface area contributed by atoms with E-state index in [9.17, 15) is 0 Å². The van der Waals surface area contributed by atoms with Crippen LogP contribution >= 0.6 is 0 Å². The van der Waals surface area contributed by atoms with Crippen LogP contribution in [-0.4, -0.2) is 5.60 Å². The first-order chi connectivity index (χ1) is 13.6. The van der Waals surface area contributed by atoms with E-state index in [1.165, 1.54) is 33.4 Å². The van der Waals surface area contributed by atoms with Crippen molar-refractivity contribution in [3.63, 3.8) is 0 Å². The zero-order chi connectivity index (χ0) is 20.9. The van der Waals surface area contributed by atoms with Crippen LogP contribution in [0.4, 0.5) is 0 Å². The highest BCUT2D eigenvalue weighted by atomic mass is 16.5. The summed E-state index contributed by atoms with van der Waals surface area (Å²) in [5, 5.41) is 0. The van der Waals surface area contributed by atoms with Gasteiger partial charge in [0.2, 0.25) is 0 Å². The van der Waals surface area contributed by atoms with Gasteiger partial charge < -0.3 is 4.74 Å². The van der Waals surface area contributed by atoms with Gasteiger partial charge in [0.15, 0.2) is 0 Å². The average molecular weight is 385 g/mol. The summed E-state index contributed by atoms with van der Waals surface area (Å²) in [4.78, 5) is 0. The summed E-state index contributed by atoms with van der Waals surface area (Å²) >= 11 is 0. The van der Waals surface area contributed by atoms with Gasteiger partial charge in [0.25, 0.3) is 0 Å². The summed E-state index contributed by atoms with van der Waals surface area (Å²) in [6.45, 7) is 13.5. The Morgan fingerprint density at radius 2 is 1.66 bits per heavy atom. The number of benzene rings is 2. The molecule has 2 aliphatic rings. The van der Waals surface area contributed by atoms with E-state index in [1.54, 1.807) is 0 Å². The van der Waals surface area contributed by atoms with Crippen molar-refractivity contribution in [3.05, 3.63) is 88.5 Å². The molecule has 0 N–H and O–H groups in total. The third kappa shape index (κ3) is 3.53. The van der Waals surface area contributed by atoms with Crippen LogP contribution in [0.3, 0.4) is 0 Å². The molecule has 2 aromatic rings. The molecule has 0 aromatic heterocycles. The first-order valence-electron chi connectivity index (χ1n) is 10.6. The predicted octanol–water partition coefficient (Wildman–Crippen LogP) is 7.52. The summed E-state index contributed by atoms with van der Waals surface area (Å²) in [6, 6.07) is 15.3. The smallest absolute Gasteiger partial charge is 0.0955 e. The fraction of sp³-hybridized carbons (Fsp3) is 0.357. The molecule has 1 heterocycles. The van der Waals surface area contributed by atoms with Crippen molar-refractivity contribution in [2.45, 2.75) is 64.6 Å². The Balaban J connectivity index is 2.04. The van der Waals surface area contributed by atoms with Crippen molar-refractivity contribution in [3.8, 4) is 0 Å². The molecule has 0 fully saturated rings. The molecule has 4 rings (SSSR count). The molecule has 1 nitrogen and oxygen atoms in total. The second kappa shape index (κ2) is 6.85. The summed E-state index contributed by atoms with van der Waals surface area (Å²) < 4.78 is 7.00. The average Bonchev–Trinajstić information content (AvgIpc) is 2.65. The zero-order valence-electron chi connectivity index (χ0n) is 18.5. The highest BCUT2D eigenvalue weighted by Crippen LogP contribution is 2.45. The minimum Gasteiger partial charge on any atom is -0.360 e. The molecule has 0 radical (unpaired) electrons. The maximum Gasteiger partial charge on any atom is 0.0955 e. The molecule has 0 saturated heterocycles. The molecule has 1 aliphatic carbocycles. The van der Waals surface area contributed by atoms with E-state index in [-0.39, 0.29) is 11.0 Å². The Morgan fingerprint density at radius 3 is 2.41 bits per heavy atom. The third-order valence-electron chi connectivity index (χ3n) is 6.20. The molecule has 0 spiro atoms. The summed E-state index contributed by atoms with van der Waals surface area (Å²) in [5.41, 5.74) is 6.87. The number of allylic oxidation sites excluding steroid dienone is 2. The molecule has 1 atom stereocenters. The zero-order valence-corrected chi connectivity index (χ0v) is 18.5. The van der Waals surface area contributed by atoms with Gasteiger partial charge in [0.1, 0.15) is 0 Å². The lowest BCUT2D eigenvalue weighted by Gasteiger charge is -2.43. The highest BCUT2D eigenvalue weighted by Gasteiger charge is 2.40. The molecule has 0 saturated carbocycles. The van der Waals surface area contributed by atoms with E-state index in [1.807, 2.05) is 0 Å². The van der Waals surface area contributed by atoms with E-state index in [0.717, 1.165) is 6.42 Å². The molecule has 2 aromatic carbocycles. The van der Waals surface area contributed by atoms with Crippen molar-refractivity contribution in [1.82, 2.24) is 0 Å². The Kier molecular flexibility index (Phi) is 4.70. The van der Waals surface area contributed by atoms with Gasteiger partial charge in [-0.3, -0.25) is 0 Å². The van der Waals surface area contributed by atoms with Gasteiger partial charge in [0, 0.05) is 0 Å². The van der Waals surface area contributed by atoms with Gasteiger partial charge in [-0.25, -0.2) is 0 Å². The first kappa shape index (κ1) is 19.9. The molecule has 1 heteroatoms. The SMILES string of the molecule is CC12CC=CC=C1c1ccccc1/C=C\c1c(C(C)(C)C)cccc1C(C)(C)O2. The molecular weight excluding hydrogens is 352 g/mol. The van der Waals surface area contributed by atoms with Crippen LogP contribution in [0.2, 0.25) is 0 Å².